The standard InChI is InChI=1S/C21H39N5O8.Fe/c1-17(27)25(33)15-7-3-5-13-23-19(29)10-12-21(31)26(34)16-8-4-6-14-22-18(28)9-11-20(30)24(2)32;/h32-34H,3-16H2,1-2H3,(H,22,28)(H,23,29);. The number of unbranched alkanes of at least 4 members (excludes halogenated alkanes) is 4. The van der Waals surface area contributed by atoms with Crippen molar-refractivity contribution in [2.75, 3.05) is 33.2 Å². The van der Waals surface area contributed by atoms with Gasteiger partial charge in [-0.3, -0.25) is 39.6 Å². The van der Waals surface area contributed by atoms with Crippen molar-refractivity contribution in [3.8, 4) is 0 Å². The van der Waals surface area contributed by atoms with Crippen molar-refractivity contribution in [1.29, 1.82) is 0 Å². The van der Waals surface area contributed by atoms with Crippen molar-refractivity contribution in [1.82, 2.24) is 25.8 Å². The molecule has 0 atom stereocenters. The van der Waals surface area contributed by atoms with Gasteiger partial charge in [0.05, 0.1) is 0 Å². The molecule has 13 nitrogen and oxygen atoms in total. The fraction of sp³-hybridized carbons (Fsp3) is 0.762. The van der Waals surface area contributed by atoms with Crippen LogP contribution in [0.2, 0.25) is 0 Å². The third kappa shape index (κ3) is 19.7. The number of nitrogens with zero attached hydrogens (tertiary/aromatic N) is 3. The van der Waals surface area contributed by atoms with E-state index in [1.54, 1.807) is 0 Å². The summed E-state index contributed by atoms with van der Waals surface area (Å²) in [5.74, 6) is -2.10. The molecule has 0 aromatic heterocycles. The van der Waals surface area contributed by atoms with Gasteiger partial charge in [0.2, 0.25) is 29.5 Å². The Balaban J connectivity index is 0. The molecular formula is C21H39FeN5O8. The molecule has 0 aliphatic heterocycles. The van der Waals surface area contributed by atoms with Crippen LogP contribution in [0, 0.1) is 0 Å². The molecular weight excluding hydrogens is 506 g/mol. The minimum Gasteiger partial charge on any atom is -0.356 e. The molecule has 0 bridgehead atoms. The van der Waals surface area contributed by atoms with E-state index >= 15 is 0 Å². The normalized spacial score (nSPS) is 10.1. The van der Waals surface area contributed by atoms with Crippen molar-refractivity contribution < 1.29 is 56.7 Å². The van der Waals surface area contributed by atoms with E-state index in [0.29, 0.717) is 60.4 Å². The van der Waals surface area contributed by atoms with Gasteiger partial charge in [-0.15, -0.1) is 0 Å². The fourth-order valence-corrected chi connectivity index (χ4v) is 2.77. The second-order valence-electron chi connectivity index (χ2n) is 7.90. The molecule has 204 valence electrons. The third-order valence-electron chi connectivity index (χ3n) is 4.88. The molecule has 0 aliphatic carbocycles. The van der Waals surface area contributed by atoms with Gasteiger partial charge in [-0.25, -0.2) is 15.2 Å². The van der Waals surface area contributed by atoms with Crippen molar-refractivity contribution in [2.45, 2.75) is 71.1 Å². The van der Waals surface area contributed by atoms with Gasteiger partial charge in [0.25, 0.3) is 0 Å². The number of amides is 5. The summed E-state index contributed by atoms with van der Waals surface area (Å²) in [6, 6.07) is 0. The van der Waals surface area contributed by atoms with Crippen LogP contribution in [-0.2, 0) is 41.0 Å². The first-order valence-corrected chi connectivity index (χ1v) is 11.5. The van der Waals surface area contributed by atoms with Gasteiger partial charge in [0, 0.05) is 82.9 Å². The molecule has 5 N–H and O–H groups in total. The van der Waals surface area contributed by atoms with E-state index in [1.807, 2.05) is 0 Å². The van der Waals surface area contributed by atoms with Gasteiger partial charge in [-0.2, -0.15) is 0 Å². The first kappa shape index (κ1) is 34.9. The molecule has 5 amide bonds. The van der Waals surface area contributed by atoms with Gasteiger partial charge in [0.1, 0.15) is 0 Å². The predicted molar refractivity (Wildman–Crippen MR) is 119 cm³/mol. The third-order valence-corrected chi connectivity index (χ3v) is 4.88. The molecule has 0 aromatic carbocycles. The molecule has 0 spiro atoms. The summed E-state index contributed by atoms with van der Waals surface area (Å²) in [4.78, 5) is 57.3. The van der Waals surface area contributed by atoms with Crippen molar-refractivity contribution in [3.05, 3.63) is 0 Å². The van der Waals surface area contributed by atoms with E-state index in [9.17, 15) is 34.4 Å². The Morgan fingerprint density at radius 3 is 1.49 bits per heavy atom. The molecule has 0 radical (unpaired) electrons. The van der Waals surface area contributed by atoms with Gasteiger partial charge < -0.3 is 10.6 Å². The Morgan fingerprint density at radius 2 is 1.06 bits per heavy atom. The first-order valence-electron chi connectivity index (χ1n) is 11.5. The minimum absolute atomic E-state index is 0. The van der Waals surface area contributed by atoms with Gasteiger partial charge in [0.15, 0.2) is 0 Å². The Morgan fingerprint density at radius 1 is 0.629 bits per heavy atom. The van der Waals surface area contributed by atoms with Crippen LogP contribution in [0.15, 0.2) is 0 Å². The summed E-state index contributed by atoms with van der Waals surface area (Å²) in [6.07, 6.45) is 3.58. The maximum atomic E-state index is 11.9. The van der Waals surface area contributed by atoms with Gasteiger partial charge >= 0.3 is 0 Å². The SMILES string of the molecule is CC(=O)N(O)CCCCCNC(=O)CCC(=O)N(O)CCCCCNC(=O)CCC(=O)N(C)O.[Fe]. The number of hydrogen-bond acceptors (Lipinski definition) is 8. The van der Waals surface area contributed by atoms with Crippen LogP contribution < -0.4 is 10.6 Å². The Bertz CT molecular complexity index is 666. The van der Waals surface area contributed by atoms with Crippen LogP contribution in [0.5, 0.6) is 0 Å². The maximum absolute atomic E-state index is 11.9. The van der Waals surface area contributed by atoms with Crippen LogP contribution in [0.3, 0.4) is 0 Å². The zero-order chi connectivity index (χ0) is 25.9. The molecule has 0 heterocycles. The van der Waals surface area contributed by atoms with Crippen molar-refractivity contribution in [3.63, 3.8) is 0 Å². The Labute approximate surface area is 216 Å². The quantitative estimate of drug-likeness (QED) is 0.0711. The van der Waals surface area contributed by atoms with Crippen LogP contribution in [0.1, 0.15) is 71.1 Å². The summed E-state index contributed by atoms with van der Waals surface area (Å²) in [5.41, 5.74) is 0. The fourth-order valence-electron chi connectivity index (χ4n) is 2.77. The summed E-state index contributed by atoms with van der Waals surface area (Å²) in [5, 5.41) is 34.9. The van der Waals surface area contributed by atoms with Crippen LogP contribution in [0.4, 0.5) is 0 Å². The van der Waals surface area contributed by atoms with E-state index in [1.165, 1.54) is 14.0 Å². The molecule has 14 heteroatoms. The Hall–Kier alpha value is -2.25. The van der Waals surface area contributed by atoms with E-state index in [4.69, 9.17) is 5.21 Å². The van der Waals surface area contributed by atoms with Gasteiger partial charge in [-0.1, -0.05) is 0 Å². The average molecular weight is 545 g/mol. The van der Waals surface area contributed by atoms with Crippen molar-refractivity contribution >= 4 is 29.5 Å². The molecule has 0 saturated carbocycles. The molecule has 0 rings (SSSR count). The minimum atomic E-state index is -0.547. The first-order chi connectivity index (χ1) is 16.0. The molecule has 0 aliphatic rings. The Kier molecular flexibility index (Phi) is 21.0. The second kappa shape index (κ2) is 21.1. The number of rotatable bonds is 18. The zero-order valence-corrected chi connectivity index (χ0v) is 21.6. The number of hydrogen-bond donors (Lipinski definition) is 5. The summed E-state index contributed by atoms with van der Waals surface area (Å²) < 4.78 is 0. The van der Waals surface area contributed by atoms with Crippen LogP contribution in [0.25, 0.3) is 0 Å². The average Bonchev–Trinajstić information content (AvgIpc) is 2.79. The summed E-state index contributed by atoms with van der Waals surface area (Å²) in [7, 11) is 1.19. The van der Waals surface area contributed by atoms with E-state index in [-0.39, 0.29) is 67.7 Å². The van der Waals surface area contributed by atoms with E-state index in [2.05, 4.69) is 10.6 Å². The molecule has 35 heavy (non-hydrogen) atoms. The predicted octanol–water partition coefficient (Wildman–Crippen LogP) is 0.420. The molecule has 0 saturated heterocycles. The largest absolute Gasteiger partial charge is 0.356 e. The van der Waals surface area contributed by atoms with E-state index in [0.717, 1.165) is 6.42 Å². The summed E-state index contributed by atoms with van der Waals surface area (Å²) >= 11 is 0. The second-order valence-corrected chi connectivity index (χ2v) is 7.90. The zero-order valence-electron chi connectivity index (χ0n) is 20.5. The van der Waals surface area contributed by atoms with Crippen LogP contribution in [-0.4, -0.2) is 93.6 Å². The number of carbonyl (C=O) groups excluding carboxylic acids is 5. The van der Waals surface area contributed by atoms with Gasteiger partial charge in [-0.05, 0) is 38.5 Å². The maximum Gasteiger partial charge on any atom is 0.246 e. The molecule has 0 unspecified atom stereocenters. The van der Waals surface area contributed by atoms with E-state index < -0.39 is 17.7 Å². The van der Waals surface area contributed by atoms with Crippen LogP contribution >= 0.6 is 0 Å². The molecule has 0 fully saturated rings. The molecule has 0 aromatic rings. The number of nitrogens with one attached hydrogen (secondary N) is 2. The number of hydroxylamine groups is 6. The smallest absolute Gasteiger partial charge is 0.246 e. The number of carbonyl (C=O) groups is 5. The summed E-state index contributed by atoms with van der Waals surface area (Å²) in [6.45, 7) is 2.45. The van der Waals surface area contributed by atoms with Crippen molar-refractivity contribution in [2.24, 2.45) is 0 Å². The topological polar surface area (TPSA) is 180 Å². The monoisotopic (exact) mass is 545 g/mol.